The molecule has 0 radical (unpaired) electrons. The normalized spacial score (nSPS) is 13.3. The molecular weight excluding hydrogens is 296 g/mol. The fourth-order valence-electron chi connectivity index (χ4n) is 1.75. The van der Waals surface area contributed by atoms with Gasteiger partial charge in [-0.15, -0.1) is 0 Å². The molecule has 0 aliphatic heterocycles. The number of aliphatic hydroxyl groups is 1. The van der Waals surface area contributed by atoms with Crippen LogP contribution in [0.5, 0.6) is 0 Å². The molecule has 0 spiro atoms. The molecule has 1 rings (SSSR count). The molecule has 2 N–H and O–H groups in total. The number of carbonyl (C=O) groups is 1. The second-order valence-corrected chi connectivity index (χ2v) is 6.13. The van der Waals surface area contributed by atoms with Crippen LogP contribution in [0.15, 0.2) is 28.7 Å². The fraction of sp³-hybridized carbons (Fsp3) is 0.500. The molecule has 0 saturated carbocycles. The Balaban J connectivity index is 2.63. The van der Waals surface area contributed by atoms with Gasteiger partial charge < -0.3 is 10.2 Å². The van der Waals surface area contributed by atoms with Gasteiger partial charge in [0.15, 0.2) is 0 Å². The Labute approximate surface area is 116 Å². The Bertz CT molecular complexity index is 392. The molecule has 1 unspecified atom stereocenters. The summed E-state index contributed by atoms with van der Waals surface area (Å²) >= 11 is 3.35. The number of carboxylic acid groups (broad SMARTS) is 1. The highest BCUT2D eigenvalue weighted by molar-refractivity contribution is 9.10. The van der Waals surface area contributed by atoms with Crippen LogP contribution < -0.4 is 0 Å². The Morgan fingerprint density at radius 1 is 1.33 bits per heavy atom. The van der Waals surface area contributed by atoms with Gasteiger partial charge in [0.05, 0.1) is 11.5 Å². The van der Waals surface area contributed by atoms with Crippen molar-refractivity contribution in [1.29, 1.82) is 0 Å². The van der Waals surface area contributed by atoms with Crippen molar-refractivity contribution in [3.63, 3.8) is 0 Å². The van der Waals surface area contributed by atoms with Crippen molar-refractivity contribution < 1.29 is 15.0 Å². The lowest BCUT2D eigenvalue weighted by molar-refractivity contribution is -0.142. The maximum Gasteiger partial charge on any atom is 0.306 e. The van der Waals surface area contributed by atoms with Crippen LogP contribution >= 0.6 is 15.9 Å². The van der Waals surface area contributed by atoms with Crippen LogP contribution in [0.25, 0.3) is 0 Å². The highest BCUT2D eigenvalue weighted by Gasteiger charge is 2.22. The Morgan fingerprint density at radius 3 is 2.33 bits per heavy atom. The lowest BCUT2D eigenvalue weighted by Crippen LogP contribution is -2.24. The van der Waals surface area contributed by atoms with Gasteiger partial charge in [0, 0.05) is 4.47 Å². The molecule has 0 fully saturated rings. The highest BCUT2D eigenvalue weighted by Crippen LogP contribution is 2.21. The summed E-state index contributed by atoms with van der Waals surface area (Å²) in [6, 6.07) is 7.66. The van der Waals surface area contributed by atoms with Gasteiger partial charge in [-0.2, -0.15) is 0 Å². The molecule has 0 amide bonds. The Morgan fingerprint density at radius 2 is 1.89 bits per heavy atom. The Kier molecular flexibility index (Phi) is 5.35. The van der Waals surface area contributed by atoms with Crippen LogP contribution in [-0.4, -0.2) is 21.8 Å². The van der Waals surface area contributed by atoms with Crippen LogP contribution in [-0.2, 0) is 11.2 Å². The van der Waals surface area contributed by atoms with Crippen LogP contribution in [0.1, 0.15) is 32.3 Å². The minimum Gasteiger partial charge on any atom is -0.481 e. The molecule has 3 nitrogen and oxygen atoms in total. The summed E-state index contributed by atoms with van der Waals surface area (Å²) in [6.07, 6.45) is 1.47. The van der Waals surface area contributed by atoms with Gasteiger partial charge >= 0.3 is 5.97 Å². The van der Waals surface area contributed by atoms with E-state index in [1.165, 1.54) is 0 Å². The van der Waals surface area contributed by atoms with E-state index in [1.54, 1.807) is 13.8 Å². The number of halogens is 1. The number of benzene rings is 1. The van der Waals surface area contributed by atoms with E-state index in [4.69, 9.17) is 0 Å². The van der Waals surface area contributed by atoms with E-state index in [-0.39, 0.29) is 0 Å². The van der Waals surface area contributed by atoms with Gasteiger partial charge in [-0.05, 0) is 50.8 Å². The van der Waals surface area contributed by atoms with Gasteiger partial charge in [-0.25, -0.2) is 0 Å². The number of aliphatic carboxylic acids is 1. The second-order valence-electron chi connectivity index (χ2n) is 5.22. The van der Waals surface area contributed by atoms with E-state index in [0.29, 0.717) is 19.3 Å². The van der Waals surface area contributed by atoms with Crippen molar-refractivity contribution >= 4 is 21.9 Å². The van der Waals surface area contributed by atoms with Gasteiger partial charge in [-0.3, -0.25) is 4.79 Å². The maximum absolute atomic E-state index is 11.2. The zero-order valence-electron chi connectivity index (χ0n) is 10.7. The molecule has 18 heavy (non-hydrogen) atoms. The van der Waals surface area contributed by atoms with E-state index >= 15 is 0 Å². The summed E-state index contributed by atoms with van der Waals surface area (Å²) in [4.78, 5) is 11.2. The molecule has 1 aromatic carbocycles. The maximum atomic E-state index is 11.2. The van der Waals surface area contributed by atoms with Crippen LogP contribution in [0.2, 0.25) is 0 Å². The molecule has 0 aliphatic rings. The van der Waals surface area contributed by atoms with E-state index in [0.717, 1.165) is 10.0 Å². The number of rotatable bonds is 6. The third-order valence-electron chi connectivity index (χ3n) is 2.85. The third-order valence-corrected chi connectivity index (χ3v) is 3.38. The molecule has 0 saturated heterocycles. The zero-order chi connectivity index (χ0) is 13.8. The standard InChI is InChI=1S/C14H19BrO3/c1-14(2,18)8-7-11(13(16)17)9-10-3-5-12(15)6-4-10/h3-6,11,18H,7-9H2,1-2H3,(H,16,17). The minimum atomic E-state index is -0.812. The average Bonchev–Trinajstić information content (AvgIpc) is 2.25. The highest BCUT2D eigenvalue weighted by atomic mass is 79.9. The first-order valence-electron chi connectivity index (χ1n) is 5.97. The third kappa shape index (κ3) is 5.65. The molecule has 100 valence electrons. The summed E-state index contributed by atoms with van der Waals surface area (Å²) in [7, 11) is 0. The molecule has 1 aromatic rings. The van der Waals surface area contributed by atoms with Crippen molar-refractivity contribution in [2.45, 2.75) is 38.7 Å². The molecule has 0 bridgehead atoms. The zero-order valence-corrected chi connectivity index (χ0v) is 12.3. The number of hydrogen-bond acceptors (Lipinski definition) is 2. The minimum absolute atomic E-state index is 0.447. The topological polar surface area (TPSA) is 57.5 Å². The summed E-state index contributed by atoms with van der Waals surface area (Å²) in [5.74, 6) is -1.25. The van der Waals surface area contributed by atoms with Gasteiger partial charge in [0.2, 0.25) is 0 Å². The van der Waals surface area contributed by atoms with E-state index < -0.39 is 17.5 Å². The summed E-state index contributed by atoms with van der Waals surface area (Å²) in [5.41, 5.74) is 0.189. The van der Waals surface area contributed by atoms with E-state index in [2.05, 4.69) is 15.9 Å². The Hall–Kier alpha value is -0.870. The second kappa shape index (κ2) is 6.34. The average molecular weight is 315 g/mol. The summed E-state index contributed by atoms with van der Waals surface area (Å²) < 4.78 is 0.981. The van der Waals surface area contributed by atoms with Crippen molar-refractivity contribution in [3.8, 4) is 0 Å². The molecular formula is C14H19BrO3. The molecule has 0 aromatic heterocycles. The summed E-state index contributed by atoms with van der Waals surface area (Å²) in [6.45, 7) is 3.40. The lowest BCUT2D eigenvalue weighted by atomic mass is 9.90. The predicted octanol–water partition coefficient (Wildman–Crippen LogP) is 3.24. The van der Waals surface area contributed by atoms with Gasteiger partial charge in [0.25, 0.3) is 0 Å². The van der Waals surface area contributed by atoms with E-state index in [1.807, 2.05) is 24.3 Å². The number of hydrogen-bond donors (Lipinski definition) is 2. The molecule has 0 aliphatic carbocycles. The first-order valence-corrected chi connectivity index (χ1v) is 6.77. The van der Waals surface area contributed by atoms with Gasteiger partial charge in [-0.1, -0.05) is 28.1 Å². The molecule has 4 heteroatoms. The quantitative estimate of drug-likeness (QED) is 0.847. The smallest absolute Gasteiger partial charge is 0.306 e. The molecule has 1 atom stereocenters. The van der Waals surface area contributed by atoms with Crippen molar-refractivity contribution in [1.82, 2.24) is 0 Å². The SMILES string of the molecule is CC(C)(O)CCC(Cc1ccc(Br)cc1)C(=O)O. The molecule has 0 heterocycles. The van der Waals surface area contributed by atoms with Crippen molar-refractivity contribution in [2.75, 3.05) is 0 Å². The lowest BCUT2D eigenvalue weighted by Gasteiger charge is -2.20. The van der Waals surface area contributed by atoms with Crippen LogP contribution in [0.4, 0.5) is 0 Å². The largest absolute Gasteiger partial charge is 0.481 e. The van der Waals surface area contributed by atoms with Crippen molar-refractivity contribution in [3.05, 3.63) is 34.3 Å². The monoisotopic (exact) mass is 314 g/mol. The van der Waals surface area contributed by atoms with Gasteiger partial charge in [0.1, 0.15) is 0 Å². The number of carboxylic acids is 1. The fourth-order valence-corrected chi connectivity index (χ4v) is 2.01. The first kappa shape index (κ1) is 15.2. The first-order chi connectivity index (χ1) is 8.28. The predicted molar refractivity (Wildman–Crippen MR) is 74.5 cm³/mol. The van der Waals surface area contributed by atoms with Crippen LogP contribution in [0.3, 0.4) is 0 Å². The van der Waals surface area contributed by atoms with E-state index in [9.17, 15) is 15.0 Å². The van der Waals surface area contributed by atoms with Crippen LogP contribution in [0, 0.1) is 5.92 Å². The summed E-state index contributed by atoms with van der Waals surface area (Å²) in [5, 5.41) is 18.8. The van der Waals surface area contributed by atoms with Crippen molar-refractivity contribution in [2.24, 2.45) is 5.92 Å².